The highest BCUT2D eigenvalue weighted by Crippen LogP contribution is 2.44. The molecule has 1 aliphatic carbocycles. The zero-order valence-corrected chi connectivity index (χ0v) is 12.4. The smallest absolute Gasteiger partial charge is 0.236 e. The lowest BCUT2D eigenvalue weighted by Gasteiger charge is -2.43. The molecule has 1 saturated heterocycles. The topological polar surface area (TPSA) is 69.8 Å². The highest BCUT2D eigenvalue weighted by atomic mass is 32.1. The van der Waals surface area contributed by atoms with Crippen LogP contribution in [-0.4, -0.2) is 65.1 Å². The van der Waals surface area contributed by atoms with Gasteiger partial charge in [-0.15, -0.1) is 0 Å². The van der Waals surface area contributed by atoms with E-state index in [9.17, 15) is 9.90 Å². The van der Waals surface area contributed by atoms with Crippen molar-refractivity contribution in [1.82, 2.24) is 9.80 Å². The maximum Gasteiger partial charge on any atom is 0.236 e. The van der Waals surface area contributed by atoms with Crippen LogP contribution in [-0.2, 0) is 4.79 Å². The van der Waals surface area contributed by atoms with Gasteiger partial charge in [-0.3, -0.25) is 4.79 Å². The summed E-state index contributed by atoms with van der Waals surface area (Å²) in [5.74, 6) is 0.0228. The zero-order chi connectivity index (χ0) is 14.2. The van der Waals surface area contributed by atoms with Crippen molar-refractivity contribution in [2.75, 3.05) is 27.2 Å². The number of nitrogens with two attached hydrogens (primary N) is 1. The normalized spacial score (nSPS) is 29.4. The van der Waals surface area contributed by atoms with E-state index in [4.69, 9.17) is 18.0 Å². The van der Waals surface area contributed by atoms with Crippen LogP contribution in [0.15, 0.2) is 0 Å². The van der Waals surface area contributed by atoms with E-state index in [0.717, 1.165) is 25.8 Å². The van der Waals surface area contributed by atoms with Crippen LogP contribution in [0.5, 0.6) is 0 Å². The van der Waals surface area contributed by atoms with Crippen molar-refractivity contribution >= 4 is 23.1 Å². The summed E-state index contributed by atoms with van der Waals surface area (Å²) < 4.78 is 0. The Kier molecular flexibility index (Phi) is 4.13. The second-order valence-electron chi connectivity index (χ2n) is 6.06. The molecule has 1 aliphatic heterocycles. The number of aliphatic hydroxyl groups excluding tert-OH is 1. The van der Waals surface area contributed by atoms with Crippen LogP contribution in [0.3, 0.4) is 0 Å². The number of thiocarbonyl (C=S) groups is 1. The third-order valence-corrected chi connectivity index (χ3v) is 4.71. The van der Waals surface area contributed by atoms with Gasteiger partial charge in [0.1, 0.15) is 0 Å². The Morgan fingerprint density at radius 1 is 1.53 bits per heavy atom. The summed E-state index contributed by atoms with van der Waals surface area (Å²) in [4.78, 5) is 16.9. The molecule has 0 aromatic rings. The second-order valence-corrected chi connectivity index (χ2v) is 6.50. The summed E-state index contributed by atoms with van der Waals surface area (Å²) in [7, 11) is 3.94. The third kappa shape index (κ3) is 2.61. The number of β-amino-alcohol motifs (C(OH)–C–C–N with tert-alkyl or cyclic N) is 1. The van der Waals surface area contributed by atoms with E-state index in [-0.39, 0.29) is 11.9 Å². The van der Waals surface area contributed by atoms with Crippen molar-refractivity contribution in [3.05, 3.63) is 0 Å². The van der Waals surface area contributed by atoms with Crippen LogP contribution < -0.4 is 5.73 Å². The molecule has 19 heavy (non-hydrogen) atoms. The lowest BCUT2D eigenvalue weighted by molar-refractivity contribution is -0.143. The van der Waals surface area contributed by atoms with Crippen LogP contribution in [0.2, 0.25) is 0 Å². The number of likely N-dealkylation sites (tertiary alicyclic amines) is 1. The van der Waals surface area contributed by atoms with Crippen LogP contribution >= 0.6 is 12.2 Å². The molecule has 2 fully saturated rings. The number of nitrogens with zero attached hydrogens (tertiary/aromatic N) is 2. The maximum absolute atomic E-state index is 12.8. The molecule has 2 aliphatic rings. The third-order valence-electron chi connectivity index (χ3n) is 4.32. The Labute approximate surface area is 119 Å². The predicted octanol–water partition coefficient (Wildman–Crippen LogP) is -0.0338. The first kappa shape index (κ1) is 14.7. The van der Waals surface area contributed by atoms with Gasteiger partial charge in [-0.05, 0) is 33.4 Å². The van der Waals surface area contributed by atoms with Crippen molar-refractivity contribution in [3.8, 4) is 0 Å². The molecule has 1 heterocycles. The first-order chi connectivity index (χ1) is 8.86. The largest absolute Gasteiger partial charge is 0.392 e. The zero-order valence-electron chi connectivity index (χ0n) is 11.6. The number of carbonyl (C=O) groups excluding carboxylic acids is 1. The molecule has 5 nitrogen and oxygen atoms in total. The van der Waals surface area contributed by atoms with E-state index in [1.807, 2.05) is 19.0 Å². The Morgan fingerprint density at radius 3 is 2.58 bits per heavy atom. The van der Waals surface area contributed by atoms with E-state index in [1.54, 1.807) is 4.90 Å². The molecule has 6 heteroatoms. The SMILES string of the molecule is CN(C)CC1CC(O)CN1C(=O)C1(C(N)=S)CCC1. The monoisotopic (exact) mass is 285 g/mol. The number of hydrogen-bond acceptors (Lipinski definition) is 4. The van der Waals surface area contributed by atoms with E-state index < -0.39 is 11.5 Å². The van der Waals surface area contributed by atoms with Crippen molar-refractivity contribution in [1.29, 1.82) is 0 Å². The first-order valence-corrected chi connectivity index (χ1v) is 7.21. The van der Waals surface area contributed by atoms with Crippen LogP contribution in [0.1, 0.15) is 25.7 Å². The van der Waals surface area contributed by atoms with Crippen LogP contribution in [0.25, 0.3) is 0 Å². The summed E-state index contributed by atoms with van der Waals surface area (Å²) >= 11 is 5.11. The first-order valence-electron chi connectivity index (χ1n) is 6.80. The summed E-state index contributed by atoms with van der Waals surface area (Å²) in [6, 6.07) is 0.0596. The molecule has 0 bridgehead atoms. The molecule has 3 N–H and O–H groups in total. The highest BCUT2D eigenvalue weighted by molar-refractivity contribution is 7.80. The number of aliphatic hydroxyl groups is 1. The van der Waals surface area contributed by atoms with Crippen molar-refractivity contribution < 1.29 is 9.90 Å². The van der Waals surface area contributed by atoms with E-state index in [0.29, 0.717) is 18.0 Å². The Morgan fingerprint density at radius 2 is 2.16 bits per heavy atom. The summed E-state index contributed by atoms with van der Waals surface area (Å²) in [6.07, 6.45) is 2.71. The lowest BCUT2D eigenvalue weighted by Crippen LogP contribution is -2.56. The molecular weight excluding hydrogens is 262 g/mol. The van der Waals surface area contributed by atoms with Gasteiger partial charge in [-0.25, -0.2) is 0 Å². The minimum atomic E-state index is -0.635. The maximum atomic E-state index is 12.8. The molecule has 2 unspecified atom stereocenters. The predicted molar refractivity (Wildman–Crippen MR) is 77.7 cm³/mol. The molecule has 0 aromatic heterocycles. The van der Waals surface area contributed by atoms with Gasteiger partial charge in [0.05, 0.1) is 16.5 Å². The quantitative estimate of drug-likeness (QED) is 0.710. The fourth-order valence-electron chi connectivity index (χ4n) is 3.11. The standard InChI is InChI=1S/C13H23N3O2S/c1-15(2)7-9-6-10(17)8-16(9)12(18)13(11(14)19)4-3-5-13/h9-10,17H,3-8H2,1-2H3,(H2,14,19). The van der Waals surface area contributed by atoms with Gasteiger partial charge < -0.3 is 20.6 Å². The van der Waals surface area contributed by atoms with Crippen molar-refractivity contribution in [3.63, 3.8) is 0 Å². The number of likely N-dealkylation sites (N-methyl/N-ethyl adjacent to an activating group) is 1. The fourth-order valence-corrected chi connectivity index (χ4v) is 3.40. The lowest BCUT2D eigenvalue weighted by atomic mass is 9.67. The number of hydrogen-bond donors (Lipinski definition) is 2. The summed E-state index contributed by atoms with van der Waals surface area (Å²) in [5.41, 5.74) is 5.16. The molecule has 108 valence electrons. The minimum Gasteiger partial charge on any atom is -0.392 e. The molecular formula is C13H23N3O2S. The van der Waals surface area contributed by atoms with Crippen molar-refractivity contribution in [2.45, 2.75) is 37.8 Å². The van der Waals surface area contributed by atoms with Gasteiger partial charge in [0.25, 0.3) is 0 Å². The van der Waals surface area contributed by atoms with Gasteiger partial charge in [0, 0.05) is 19.1 Å². The molecule has 0 radical (unpaired) electrons. The Bertz CT molecular complexity index is 382. The molecule has 2 rings (SSSR count). The second kappa shape index (κ2) is 5.34. The number of amides is 1. The highest BCUT2D eigenvalue weighted by Gasteiger charge is 2.51. The molecule has 2 atom stereocenters. The van der Waals surface area contributed by atoms with E-state index >= 15 is 0 Å². The fraction of sp³-hybridized carbons (Fsp3) is 0.846. The van der Waals surface area contributed by atoms with Gasteiger partial charge in [-0.1, -0.05) is 18.6 Å². The van der Waals surface area contributed by atoms with E-state index in [2.05, 4.69) is 0 Å². The summed E-state index contributed by atoms with van der Waals surface area (Å²) in [5, 5.41) is 9.85. The molecule has 1 amide bonds. The van der Waals surface area contributed by atoms with Gasteiger partial charge in [0.15, 0.2) is 0 Å². The Balaban J connectivity index is 2.14. The van der Waals surface area contributed by atoms with Gasteiger partial charge in [-0.2, -0.15) is 0 Å². The van der Waals surface area contributed by atoms with Gasteiger partial charge >= 0.3 is 0 Å². The van der Waals surface area contributed by atoms with Gasteiger partial charge in [0.2, 0.25) is 5.91 Å². The van der Waals surface area contributed by atoms with E-state index in [1.165, 1.54) is 0 Å². The van der Waals surface area contributed by atoms with Crippen molar-refractivity contribution in [2.24, 2.45) is 11.1 Å². The molecule has 0 spiro atoms. The molecule has 1 saturated carbocycles. The molecule has 0 aromatic carbocycles. The minimum absolute atomic E-state index is 0.0228. The Hall–Kier alpha value is -0.720. The van der Waals surface area contributed by atoms with Crippen LogP contribution in [0, 0.1) is 5.41 Å². The average molecular weight is 285 g/mol. The summed E-state index contributed by atoms with van der Waals surface area (Å²) in [6.45, 7) is 1.16. The number of rotatable bonds is 4. The average Bonchev–Trinajstić information content (AvgIpc) is 2.55. The number of carbonyl (C=O) groups is 1. The van der Waals surface area contributed by atoms with Crippen LogP contribution in [0.4, 0.5) is 0 Å².